The molecule has 1 atom stereocenters. The molecule has 1 aromatic rings. The van der Waals surface area contributed by atoms with Crippen LogP contribution in [0.2, 0.25) is 0 Å². The molecule has 5 fully saturated rings. The quantitative estimate of drug-likeness (QED) is 0.265. The van der Waals surface area contributed by atoms with Gasteiger partial charge in [0.2, 0.25) is 11.8 Å². The highest BCUT2D eigenvalue weighted by Crippen LogP contribution is 2.59. The standard InChI is InChI=1S/C24H30N4O5.ClH/c29-20(27-33)12-25-21(30)13-28-22(31)19(11-14-4-2-1-3-5-14)26-24(23(28)32)17-7-15-6-16(9-17)10-18(24)8-15;/h1-5,15-19,26,33H,6-13H2,(H,25,30)(H,27,29);1H/t15?,16?,17?,18?,19-,24?;/m0./s1. The minimum atomic E-state index is -0.816. The Morgan fingerprint density at radius 3 is 2.21 bits per heavy atom. The highest BCUT2D eigenvalue weighted by Gasteiger charge is 2.65. The largest absolute Gasteiger partial charge is 0.345 e. The van der Waals surface area contributed by atoms with Gasteiger partial charge < -0.3 is 5.32 Å². The maximum Gasteiger partial charge on any atom is 0.262 e. The highest BCUT2D eigenvalue weighted by molar-refractivity contribution is 6.07. The second-order valence-electron chi connectivity index (χ2n) is 10.1. The number of halogens is 1. The normalized spacial score (nSPS) is 33.6. The first-order valence-corrected chi connectivity index (χ1v) is 11.8. The number of benzene rings is 1. The van der Waals surface area contributed by atoms with Crippen molar-refractivity contribution in [3.63, 3.8) is 0 Å². The summed E-state index contributed by atoms with van der Waals surface area (Å²) in [5.74, 6) is -0.479. The van der Waals surface area contributed by atoms with Crippen LogP contribution in [0.4, 0.5) is 0 Å². The molecule has 34 heavy (non-hydrogen) atoms. The highest BCUT2D eigenvalue weighted by atomic mass is 35.5. The second kappa shape index (κ2) is 9.64. The zero-order valence-corrected chi connectivity index (χ0v) is 19.7. The Hall–Kier alpha value is -2.49. The van der Waals surface area contributed by atoms with E-state index in [0.717, 1.165) is 36.1 Å². The summed E-state index contributed by atoms with van der Waals surface area (Å²) < 4.78 is 0. The minimum Gasteiger partial charge on any atom is -0.345 e. The van der Waals surface area contributed by atoms with Gasteiger partial charge in [0.05, 0.1) is 12.6 Å². The molecule has 1 aliphatic heterocycles. The Bertz CT molecular complexity index is 943. The van der Waals surface area contributed by atoms with Gasteiger partial charge in [-0.15, -0.1) is 12.4 Å². The molecule has 0 unspecified atom stereocenters. The SMILES string of the molecule is Cl.O=C(CNC(=O)CN1C(=O)[C@H](Cc2ccccc2)NC2(C1=O)C1CC3CC(C1)CC2C3)NO. The number of rotatable bonds is 6. The van der Waals surface area contributed by atoms with Crippen LogP contribution in [0.3, 0.4) is 0 Å². The van der Waals surface area contributed by atoms with Gasteiger partial charge >= 0.3 is 0 Å². The minimum absolute atomic E-state index is 0. The van der Waals surface area contributed by atoms with Crippen molar-refractivity contribution in [1.82, 2.24) is 21.0 Å². The van der Waals surface area contributed by atoms with Crippen LogP contribution >= 0.6 is 12.4 Å². The summed E-state index contributed by atoms with van der Waals surface area (Å²) in [6.45, 7) is -0.867. The molecule has 4 amide bonds. The van der Waals surface area contributed by atoms with Crippen molar-refractivity contribution in [3.05, 3.63) is 35.9 Å². The van der Waals surface area contributed by atoms with Crippen LogP contribution < -0.4 is 16.1 Å². The number of piperazine rings is 1. The summed E-state index contributed by atoms with van der Waals surface area (Å²) in [6.07, 6.45) is 5.60. The number of hydrogen-bond acceptors (Lipinski definition) is 6. The predicted octanol–water partition coefficient (Wildman–Crippen LogP) is 0.794. The molecular weight excluding hydrogens is 460 g/mol. The van der Waals surface area contributed by atoms with E-state index in [4.69, 9.17) is 5.21 Å². The number of hydrogen-bond donors (Lipinski definition) is 4. The summed E-state index contributed by atoms with van der Waals surface area (Å²) in [7, 11) is 0. The van der Waals surface area contributed by atoms with Gasteiger partial charge in [0.1, 0.15) is 12.1 Å². The van der Waals surface area contributed by atoms with Gasteiger partial charge in [-0.1, -0.05) is 30.3 Å². The molecule has 6 rings (SSSR count). The smallest absolute Gasteiger partial charge is 0.262 e. The van der Waals surface area contributed by atoms with E-state index in [1.54, 1.807) is 0 Å². The molecule has 10 heteroatoms. The van der Waals surface area contributed by atoms with E-state index in [-0.39, 0.29) is 30.2 Å². The lowest BCUT2D eigenvalue weighted by Crippen LogP contribution is -2.79. The molecular formula is C24H31ClN4O5. The zero-order valence-electron chi connectivity index (χ0n) is 18.9. The molecule has 4 aliphatic carbocycles. The third kappa shape index (κ3) is 4.21. The van der Waals surface area contributed by atoms with E-state index in [0.29, 0.717) is 18.3 Å². The van der Waals surface area contributed by atoms with Gasteiger partial charge in [0.15, 0.2) is 0 Å². The number of nitrogens with zero attached hydrogens (tertiary/aromatic N) is 1. The molecule has 4 saturated carbocycles. The third-order valence-electron chi connectivity index (χ3n) is 8.16. The van der Waals surface area contributed by atoms with Crippen LogP contribution in [0.25, 0.3) is 0 Å². The summed E-state index contributed by atoms with van der Waals surface area (Å²) in [5, 5.41) is 14.6. The van der Waals surface area contributed by atoms with Crippen molar-refractivity contribution in [2.75, 3.05) is 13.1 Å². The fourth-order valence-corrected chi connectivity index (χ4v) is 6.99. The molecule has 1 spiro atoms. The van der Waals surface area contributed by atoms with E-state index < -0.39 is 42.4 Å². The lowest BCUT2D eigenvalue weighted by Gasteiger charge is -2.63. The van der Waals surface area contributed by atoms with Crippen LogP contribution in [-0.2, 0) is 25.6 Å². The monoisotopic (exact) mass is 490 g/mol. The van der Waals surface area contributed by atoms with Gasteiger partial charge in [-0.05, 0) is 67.8 Å². The maximum atomic E-state index is 13.9. The predicted molar refractivity (Wildman–Crippen MR) is 124 cm³/mol. The van der Waals surface area contributed by atoms with Crippen molar-refractivity contribution >= 4 is 36.0 Å². The molecule has 4 N–H and O–H groups in total. The molecule has 1 aromatic carbocycles. The summed E-state index contributed by atoms with van der Waals surface area (Å²) in [5.41, 5.74) is 1.62. The Balaban J connectivity index is 0.00000274. The molecule has 4 bridgehead atoms. The lowest BCUT2D eigenvalue weighted by atomic mass is 9.47. The summed E-state index contributed by atoms with van der Waals surface area (Å²) >= 11 is 0. The van der Waals surface area contributed by atoms with Crippen molar-refractivity contribution < 1.29 is 24.4 Å². The Kier molecular flexibility index (Phi) is 6.98. The molecule has 184 valence electrons. The number of carbonyl (C=O) groups is 4. The van der Waals surface area contributed by atoms with E-state index >= 15 is 0 Å². The molecule has 1 heterocycles. The van der Waals surface area contributed by atoms with Gasteiger partial charge in [-0.2, -0.15) is 0 Å². The van der Waals surface area contributed by atoms with E-state index in [1.165, 1.54) is 11.9 Å². The fourth-order valence-electron chi connectivity index (χ4n) is 6.99. The Morgan fingerprint density at radius 2 is 1.62 bits per heavy atom. The first kappa shape index (κ1) is 24.6. The summed E-state index contributed by atoms with van der Waals surface area (Å²) in [6, 6.07) is 9.07. The Labute approximate surface area is 204 Å². The lowest BCUT2D eigenvalue weighted by molar-refractivity contribution is -0.174. The van der Waals surface area contributed by atoms with E-state index in [2.05, 4.69) is 10.6 Å². The van der Waals surface area contributed by atoms with Gasteiger partial charge in [-0.3, -0.25) is 34.6 Å². The van der Waals surface area contributed by atoms with Crippen LogP contribution in [0.15, 0.2) is 30.3 Å². The molecule has 1 saturated heterocycles. The number of imide groups is 1. The molecule has 0 radical (unpaired) electrons. The van der Waals surface area contributed by atoms with Gasteiger partial charge in [-0.25, -0.2) is 5.48 Å². The summed E-state index contributed by atoms with van der Waals surface area (Å²) in [4.78, 5) is 52.3. The number of amides is 4. The first-order valence-electron chi connectivity index (χ1n) is 11.8. The second-order valence-corrected chi connectivity index (χ2v) is 10.1. The van der Waals surface area contributed by atoms with E-state index in [1.807, 2.05) is 30.3 Å². The average Bonchev–Trinajstić information content (AvgIpc) is 2.81. The Morgan fingerprint density at radius 1 is 1.00 bits per heavy atom. The fraction of sp³-hybridized carbons (Fsp3) is 0.583. The molecule has 9 nitrogen and oxygen atoms in total. The third-order valence-corrected chi connectivity index (χ3v) is 8.16. The van der Waals surface area contributed by atoms with Crippen molar-refractivity contribution in [1.29, 1.82) is 0 Å². The topological polar surface area (TPSA) is 128 Å². The van der Waals surface area contributed by atoms with Crippen molar-refractivity contribution in [3.8, 4) is 0 Å². The molecule has 0 aromatic heterocycles. The van der Waals surface area contributed by atoms with Crippen LogP contribution in [0.1, 0.15) is 37.7 Å². The van der Waals surface area contributed by atoms with Crippen LogP contribution in [0.5, 0.6) is 0 Å². The van der Waals surface area contributed by atoms with Crippen LogP contribution in [0, 0.1) is 23.7 Å². The van der Waals surface area contributed by atoms with Crippen molar-refractivity contribution in [2.24, 2.45) is 23.7 Å². The van der Waals surface area contributed by atoms with Crippen molar-refractivity contribution in [2.45, 2.75) is 50.1 Å². The van der Waals surface area contributed by atoms with Gasteiger partial charge in [0.25, 0.3) is 11.8 Å². The number of hydroxylamine groups is 1. The number of carbonyl (C=O) groups excluding carboxylic acids is 4. The average molecular weight is 491 g/mol. The zero-order chi connectivity index (χ0) is 23.2. The number of nitrogens with one attached hydrogen (secondary N) is 3. The maximum absolute atomic E-state index is 13.9. The van der Waals surface area contributed by atoms with E-state index in [9.17, 15) is 19.2 Å². The van der Waals surface area contributed by atoms with Crippen LogP contribution in [-0.4, -0.2) is 58.4 Å². The molecule has 5 aliphatic rings. The first-order chi connectivity index (χ1) is 15.9. The van der Waals surface area contributed by atoms with Gasteiger partial charge in [0, 0.05) is 0 Å².